The summed E-state index contributed by atoms with van der Waals surface area (Å²) in [5, 5.41) is 8.77. The SMILES string of the molecule is CNNSN1C=C1Cc1ccc(C(=O)O)cc1. The van der Waals surface area contributed by atoms with E-state index in [1.807, 2.05) is 22.6 Å². The molecule has 0 amide bonds. The minimum Gasteiger partial charge on any atom is -0.478 e. The van der Waals surface area contributed by atoms with Gasteiger partial charge in [0.1, 0.15) is 0 Å². The minimum atomic E-state index is -0.891. The fraction of sp³-hybridized carbons (Fsp3) is 0.182. The molecule has 1 aliphatic rings. The van der Waals surface area contributed by atoms with Crippen LogP contribution in [0.15, 0.2) is 36.2 Å². The van der Waals surface area contributed by atoms with Crippen LogP contribution >= 0.6 is 12.1 Å². The number of hydrazine groups is 1. The van der Waals surface area contributed by atoms with E-state index in [4.69, 9.17) is 5.11 Å². The molecule has 6 heteroatoms. The number of carbonyl (C=O) groups is 1. The van der Waals surface area contributed by atoms with Gasteiger partial charge in [0.25, 0.3) is 0 Å². The first-order valence-corrected chi connectivity index (χ1v) is 5.89. The molecule has 3 N–H and O–H groups in total. The Hall–Kier alpha value is -1.50. The molecule has 0 unspecified atom stereocenters. The molecular weight excluding hydrogens is 238 g/mol. The lowest BCUT2D eigenvalue weighted by atomic mass is 10.1. The monoisotopic (exact) mass is 251 g/mol. The number of carboxylic acid groups (broad SMARTS) is 1. The molecule has 1 heterocycles. The van der Waals surface area contributed by atoms with Gasteiger partial charge in [0, 0.05) is 12.6 Å². The number of hydrogen-bond donors (Lipinski definition) is 3. The maximum absolute atomic E-state index is 10.7. The Morgan fingerprint density at radius 1 is 1.41 bits per heavy atom. The van der Waals surface area contributed by atoms with Gasteiger partial charge >= 0.3 is 5.97 Å². The van der Waals surface area contributed by atoms with Crippen molar-refractivity contribution in [1.82, 2.24) is 14.6 Å². The van der Waals surface area contributed by atoms with E-state index in [0.29, 0.717) is 5.56 Å². The second kappa shape index (κ2) is 5.22. The Balaban J connectivity index is 1.84. The predicted octanol–water partition coefficient (Wildman–Crippen LogP) is 1.37. The number of carboxylic acids is 1. The van der Waals surface area contributed by atoms with E-state index in [1.54, 1.807) is 19.2 Å². The zero-order valence-corrected chi connectivity index (χ0v) is 10.1. The van der Waals surface area contributed by atoms with Gasteiger partial charge in [-0.25, -0.2) is 10.2 Å². The van der Waals surface area contributed by atoms with Crippen molar-refractivity contribution in [3.05, 3.63) is 47.3 Å². The van der Waals surface area contributed by atoms with E-state index < -0.39 is 5.97 Å². The van der Waals surface area contributed by atoms with Crippen LogP contribution in [0.25, 0.3) is 0 Å². The summed E-state index contributed by atoms with van der Waals surface area (Å²) in [5.74, 6) is -0.891. The molecule has 90 valence electrons. The highest BCUT2D eigenvalue weighted by atomic mass is 32.2. The Bertz CT molecular complexity index is 445. The molecule has 1 aromatic carbocycles. The van der Waals surface area contributed by atoms with Crippen molar-refractivity contribution >= 4 is 18.1 Å². The normalized spacial score (nSPS) is 13.5. The van der Waals surface area contributed by atoms with Gasteiger partial charge in [0.05, 0.1) is 23.4 Å². The van der Waals surface area contributed by atoms with E-state index in [-0.39, 0.29) is 0 Å². The molecule has 0 radical (unpaired) electrons. The number of aromatic carboxylic acids is 1. The third-order valence-electron chi connectivity index (χ3n) is 2.31. The van der Waals surface area contributed by atoms with E-state index in [9.17, 15) is 4.79 Å². The Morgan fingerprint density at radius 3 is 2.71 bits per heavy atom. The van der Waals surface area contributed by atoms with Crippen LogP contribution in [0.2, 0.25) is 0 Å². The van der Waals surface area contributed by atoms with Gasteiger partial charge in [-0.15, -0.1) is 0 Å². The summed E-state index contributed by atoms with van der Waals surface area (Å²) in [6, 6.07) is 6.95. The molecule has 2 rings (SSSR count). The first-order valence-electron chi connectivity index (χ1n) is 5.11. The second-order valence-electron chi connectivity index (χ2n) is 3.57. The Morgan fingerprint density at radius 2 is 2.12 bits per heavy atom. The molecular formula is C11H13N3O2S. The fourth-order valence-electron chi connectivity index (χ4n) is 1.38. The summed E-state index contributed by atoms with van der Waals surface area (Å²) in [7, 11) is 1.81. The summed E-state index contributed by atoms with van der Waals surface area (Å²) in [4.78, 5) is 13.6. The van der Waals surface area contributed by atoms with Gasteiger partial charge in [-0.3, -0.25) is 4.31 Å². The molecule has 0 fully saturated rings. The van der Waals surface area contributed by atoms with Gasteiger partial charge < -0.3 is 5.11 Å². The molecule has 0 spiro atoms. The quantitative estimate of drug-likeness (QED) is 0.524. The van der Waals surface area contributed by atoms with E-state index in [0.717, 1.165) is 12.0 Å². The molecule has 0 aliphatic carbocycles. The summed E-state index contributed by atoms with van der Waals surface area (Å²) in [6.07, 6.45) is 2.85. The first kappa shape index (κ1) is 12.0. The maximum atomic E-state index is 10.7. The molecule has 0 saturated heterocycles. The lowest BCUT2D eigenvalue weighted by molar-refractivity contribution is 0.0697. The largest absolute Gasteiger partial charge is 0.478 e. The van der Waals surface area contributed by atoms with Crippen molar-refractivity contribution in [2.75, 3.05) is 7.05 Å². The van der Waals surface area contributed by atoms with Crippen molar-refractivity contribution in [1.29, 1.82) is 0 Å². The van der Waals surface area contributed by atoms with Crippen molar-refractivity contribution < 1.29 is 9.90 Å². The van der Waals surface area contributed by atoms with Crippen LogP contribution in [0.1, 0.15) is 15.9 Å². The third kappa shape index (κ3) is 3.23. The molecule has 5 nitrogen and oxygen atoms in total. The smallest absolute Gasteiger partial charge is 0.335 e. The highest BCUT2D eigenvalue weighted by Crippen LogP contribution is 2.31. The fourth-order valence-corrected chi connectivity index (χ4v) is 1.93. The van der Waals surface area contributed by atoms with Crippen molar-refractivity contribution in [2.45, 2.75) is 6.42 Å². The van der Waals surface area contributed by atoms with Gasteiger partial charge in [-0.05, 0) is 24.7 Å². The first-order chi connectivity index (χ1) is 8.20. The average Bonchev–Trinajstić information content (AvgIpc) is 3.05. The van der Waals surface area contributed by atoms with E-state index in [1.165, 1.54) is 17.8 Å². The van der Waals surface area contributed by atoms with Crippen LogP contribution in [-0.4, -0.2) is 22.4 Å². The summed E-state index contributed by atoms with van der Waals surface area (Å²) >= 11 is 1.46. The second-order valence-corrected chi connectivity index (χ2v) is 4.35. The minimum absolute atomic E-state index is 0.321. The molecule has 0 saturated carbocycles. The lowest BCUT2D eigenvalue weighted by Crippen LogP contribution is -2.21. The molecule has 1 aromatic rings. The molecule has 0 aromatic heterocycles. The van der Waals surface area contributed by atoms with Crippen LogP contribution in [0.4, 0.5) is 0 Å². The summed E-state index contributed by atoms with van der Waals surface area (Å²) in [5.41, 5.74) is 5.45. The highest BCUT2D eigenvalue weighted by molar-refractivity contribution is 7.95. The average molecular weight is 251 g/mol. The highest BCUT2D eigenvalue weighted by Gasteiger charge is 2.21. The van der Waals surface area contributed by atoms with Crippen LogP contribution in [0, 0.1) is 0 Å². The number of allylic oxidation sites excluding steroid dienone is 1. The summed E-state index contributed by atoms with van der Waals surface area (Å²) in [6.45, 7) is 0. The van der Waals surface area contributed by atoms with Gasteiger partial charge in [0.2, 0.25) is 0 Å². The topological polar surface area (TPSA) is 64.4 Å². The number of hydrogen-bond acceptors (Lipinski definition) is 5. The Kier molecular flexibility index (Phi) is 3.68. The Labute approximate surface area is 104 Å². The lowest BCUT2D eigenvalue weighted by Gasteiger charge is -2.05. The zero-order chi connectivity index (χ0) is 12.3. The maximum Gasteiger partial charge on any atom is 0.335 e. The van der Waals surface area contributed by atoms with Crippen LogP contribution < -0.4 is 10.3 Å². The number of nitrogens with zero attached hydrogens (tertiary/aromatic N) is 1. The van der Waals surface area contributed by atoms with Crippen molar-refractivity contribution in [3.8, 4) is 0 Å². The molecule has 1 aliphatic heterocycles. The number of benzene rings is 1. The van der Waals surface area contributed by atoms with Crippen LogP contribution in [-0.2, 0) is 6.42 Å². The van der Waals surface area contributed by atoms with E-state index >= 15 is 0 Å². The molecule has 0 bridgehead atoms. The molecule has 17 heavy (non-hydrogen) atoms. The third-order valence-corrected chi connectivity index (χ3v) is 3.15. The predicted molar refractivity (Wildman–Crippen MR) is 66.8 cm³/mol. The van der Waals surface area contributed by atoms with Crippen molar-refractivity contribution in [3.63, 3.8) is 0 Å². The van der Waals surface area contributed by atoms with Crippen molar-refractivity contribution in [2.24, 2.45) is 0 Å². The van der Waals surface area contributed by atoms with Gasteiger partial charge in [0.15, 0.2) is 0 Å². The van der Waals surface area contributed by atoms with Crippen LogP contribution in [0.5, 0.6) is 0 Å². The number of rotatable bonds is 6. The van der Waals surface area contributed by atoms with Gasteiger partial charge in [-0.1, -0.05) is 12.1 Å². The number of nitrogens with one attached hydrogen (secondary N) is 2. The standard InChI is InChI=1S/C11H13N3O2S/c1-12-13-17-14-7-10(14)6-8-2-4-9(5-3-8)11(15)16/h2-5,7,12-13H,6H2,1H3,(H,15,16). The van der Waals surface area contributed by atoms with Gasteiger partial charge in [-0.2, -0.15) is 4.83 Å². The van der Waals surface area contributed by atoms with Crippen LogP contribution in [0.3, 0.4) is 0 Å². The zero-order valence-electron chi connectivity index (χ0n) is 9.30. The van der Waals surface area contributed by atoms with E-state index in [2.05, 4.69) is 10.3 Å². The summed E-state index contributed by atoms with van der Waals surface area (Å²) < 4.78 is 2.02. The molecule has 0 atom stereocenters.